The van der Waals surface area contributed by atoms with Gasteiger partial charge in [0.05, 0.1) is 10.9 Å². The number of carbonyl (C=O) groups is 2. The van der Waals surface area contributed by atoms with Crippen molar-refractivity contribution in [2.75, 3.05) is 10.6 Å². The first kappa shape index (κ1) is 19.8. The van der Waals surface area contributed by atoms with Gasteiger partial charge in [-0.05, 0) is 62.2 Å². The second-order valence-corrected chi connectivity index (χ2v) is 9.28. The maximum atomic E-state index is 12.7. The molecule has 0 spiro atoms. The molecule has 8 heteroatoms. The van der Waals surface area contributed by atoms with Gasteiger partial charge in [-0.3, -0.25) is 9.59 Å². The largest absolute Gasteiger partial charge is 0.324 e. The van der Waals surface area contributed by atoms with Crippen molar-refractivity contribution in [3.05, 3.63) is 53.9 Å². The monoisotopic (exact) mass is 433 g/mol. The maximum absolute atomic E-state index is 12.7. The Labute approximate surface area is 184 Å². The van der Waals surface area contributed by atoms with Gasteiger partial charge in [0, 0.05) is 34.7 Å². The molecule has 2 aromatic carbocycles. The Hall–Kier alpha value is -3.13. The van der Waals surface area contributed by atoms with Gasteiger partial charge in [-0.25, -0.2) is 0 Å². The minimum atomic E-state index is -0.218. The molecule has 0 bridgehead atoms. The van der Waals surface area contributed by atoms with Gasteiger partial charge in [-0.1, -0.05) is 6.42 Å². The van der Waals surface area contributed by atoms with Crippen LogP contribution in [0.2, 0.25) is 0 Å². The topological polar surface area (TPSA) is 88.9 Å². The van der Waals surface area contributed by atoms with Crippen molar-refractivity contribution in [1.29, 1.82) is 0 Å². The number of thioether (sulfide) groups is 1. The number of fused-ring (bicyclic) bond motifs is 2. The molecule has 2 N–H and O–H groups in total. The predicted octanol–water partition coefficient (Wildman–Crippen LogP) is 4.36. The third-order valence-corrected chi connectivity index (χ3v) is 6.86. The van der Waals surface area contributed by atoms with E-state index >= 15 is 0 Å². The molecular formula is C23H23N5O2S. The molecule has 158 valence electrons. The Morgan fingerprint density at radius 2 is 1.97 bits per heavy atom. The van der Waals surface area contributed by atoms with Crippen LogP contribution in [0, 0.1) is 0 Å². The second-order valence-electron chi connectivity index (χ2n) is 7.89. The highest BCUT2D eigenvalue weighted by atomic mass is 32.2. The zero-order chi connectivity index (χ0) is 21.4. The van der Waals surface area contributed by atoms with Crippen molar-refractivity contribution < 1.29 is 9.59 Å². The lowest BCUT2D eigenvalue weighted by atomic mass is 10.1. The van der Waals surface area contributed by atoms with Gasteiger partial charge in [-0.15, -0.1) is 22.0 Å². The highest BCUT2D eigenvalue weighted by Crippen LogP contribution is 2.36. The van der Waals surface area contributed by atoms with Crippen molar-refractivity contribution >= 4 is 35.0 Å². The Kier molecular flexibility index (Phi) is 5.23. The fourth-order valence-corrected chi connectivity index (χ4v) is 4.88. The SMILES string of the molecule is CC1Sc2ccc(C(=O)Nc3ccc(-c4nnc5n4CCCCC5)cc3)cc2NC1=O. The first-order valence-corrected chi connectivity index (χ1v) is 11.4. The van der Waals surface area contributed by atoms with E-state index in [0.717, 1.165) is 47.9 Å². The number of nitrogens with one attached hydrogen (secondary N) is 2. The molecular weight excluding hydrogens is 410 g/mol. The van der Waals surface area contributed by atoms with Crippen LogP contribution in [0.4, 0.5) is 11.4 Å². The number of amides is 2. The van der Waals surface area contributed by atoms with Gasteiger partial charge in [-0.2, -0.15) is 0 Å². The number of hydrogen-bond donors (Lipinski definition) is 2. The summed E-state index contributed by atoms with van der Waals surface area (Å²) in [5.74, 6) is 1.67. The summed E-state index contributed by atoms with van der Waals surface area (Å²) < 4.78 is 2.21. The van der Waals surface area contributed by atoms with Gasteiger partial charge in [0.15, 0.2) is 5.82 Å². The van der Waals surface area contributed by atoms with E-state index in [1.165, 1.54) is 18.2 Å². The molecule has 0 saturated carbocycles. The summed E-state index contributed by atoms with van der Waals surface area (Å²) in [6.45, 7) is 2.81. The van der Waals surface area contributed by atoms with Crippen molar-refractivity contribution in [2.45, 2.75) is 49.3 Å². The molecule has 1 unspecified atom stereocenters. The molecule has 0 saturated heterocycles. The molecule has 5 rings (SSSR count). The molecule has 2 aliphatic rings. The van der Waals surface area contributed by atoms with Crippen LogP contribution < -0.4 is 10.6 Å². The van der Waals surface area contributed by atoms with Crippen molar-refractivity contribution in [3.8, 4) is 11.4 Å². The number of benzene rings is 2. The van der Waals surface area contributed by atoms with Gasteiger partial charge in [0.2, 0.25) is 5.91 Å². The standard InChI is InChI=1S/C23H23N5O2S/c1-14-22(29)25-18-13-16(8-11-19(18)31-14)23(30)24-17-9-6-15(7-10-17)21-27-26-20-5-3-2-4-12-28(20)21/h6-11,13-14H,2-5,12H2,1H3,(H,24,30)(H,25,29). The maximum Gasteiger partial charge on any atom is 0.255 e. The highest BCUT2D eigenvalue weighted by molar-refractivity contribution is 8.00. The number of anilines is 2. The van der Waals surface area contributed by atoms with E-state index in [0.29, 0.717) is 16.9 Å². The molecule has 0 aliphatic carbocycles. The minimum absolute atomic E-state index is 0.0444. The van der Waals surface area contributed by atoms with E-state index in [9.17, 15) is 9.59 Å². The highest BCUT2D eigenvalue weighted by Gasteiger charge is 2.24. The van der Waals surface area contributed by atoms with E-state index in [-0.39, 0.29) is 17.1 Å². The van der Waals surface area contributed by atoms with E-state index in [1.807, 2.05) is 37.3 Å². The van der Waals surface area contributed by atoms with Crippen LogP contribution in [0.5, 0.6) is 0 Å². The average Bonchev–Trinajstić information content (AvgIpc) is 3.02. The van der Waals surface area contributed by atoms with Crippen molar-refractivity contribution in [3.63, 3.8) is 0 Å². The zero-order valence-corrected chi connectivity index (χ0v) is 18.0. The van der Waals surface area contributed by atoms with Crippen LogP contribution in [-0.2, 0) is 17.8 Å². The Morgan fingerprint density at radius 1 is 1.13 bits per heavy atom. The Morgan fingerprint density at radius 3 is 2.81 bits per heavy atom. The number of hydrogen-bond acceptors (Lipinski definition) is 5. The fourth-order valence-electron chi connectivity index (χ4n) is 3.95. The lowest BCUT2D eigenvalue weighted by Crippen LogP contribution is -2.26. The molecule has 2 aliphatic heterocycles. The third-order valence-electron chi connectivity index (χ3n) is 5.68. The van der Waals surface area contributed by atoms with Gasteiger partial charge in [0.25, 0.3) is 5.91 Å². The second kappa shape index (κ2) is 8.19. The third kappa shape index (κ3) is 3.95. The van der Waals surface area contributed by atoms with Crippen LogP contribution in [0.3, 0.4) is 0 Å². The Balaban J connectivity index is 1.31. The zero-order valence-electron chi connectivity index (χ0n) is 17.2. The summed E-state index contributed by atoms with van der Waals surface area (Å²) in [4.78, 5) is 25.6. The van der Waals surface area contributed by atoms with Crippen molar-refractivity contribution in [2.24, 2.45) is 0 Å². The lowest BCUT2D eigenvalue weighted by Gasteiger charge is -2.21. The van der Waals surface area contributed by atoms with Gasteiger partial charge < -0.3 is 15.2 Å². The van der Waals surface area contributed by atoms with Crippen LogP contribution >= 0.6 is 11.8 Å². The average molecular weight is 434 g/mol. The first-order valence-electron chi connectivity index (χ1n) is 10.5. The summed E-state index contributed by atoms with van der Waals surface area (Å²) in [5, 5.41) is 14.4. The van der Waals surface area contributed by atoms with Crippen LogP contribution in [0.1, 0.15) is 42.4 Å². The molecule has 2 amide bonds. The summed E-state index contributed by atoms with van der Waals surface area (Å²) in [6.07, 6.45) is 4.50. The smallest absolute Gasteiger partial charge is 0.255 e. The quantitative estimate of drug-likeness (QED) is 0.641. The molecule has 3 heterocycles. The van der Waals surface area contributed by atoms with Crippen LogP contribution in [0.25, 0.3) is 11.4 Å². The molecule has 7 nitrogen and oxygen atoms in total. The van der Waals surface area contributed by atoms with Crippen molar-refractivity contribution in [1.82, 2.24) is 14.8 Å². The van der Waals surface area contributed by atoms with Crippen LogP contribution in [-0.4, -0.2) is 31.8 Å². The predicted molar refractivity (Wildman–Crippen MR) is 121 cm³/mol. The molecule has 0 radical (unpaired) electrons. The van der Waals surface area contributed by atoms with E-state index in [2.05, 4.69) is 25.4 Å². The summed E-state index contributed by atoms with van der Waals surface area (Å²) in [6, 6.07) is 13.1. The first-order chi connectivity index (χ1) is 15.1. The van der Waals surface area contributed by atoms with E-state index < -0.39 is 0 Å². The van der Waals surface area contributed by atoms with Gasteiger partial charge >= 0.3 is 0 Å². The summed E-state index contributed by atoms with van der Waals surface area (Å²) in [7, 11) is 0. The number of aromatic nitrogens is 3. The minimum Gasteiger partial charge on any atom is -0.324 e. The van der Waals surface area contributed by atoms with E-state index in [4.69, 9.17) is 0 Å². The van der Waals surface area contributed by atoms with E-state index in [1.54, 1.807) is 12.1 Å². The number of nitrogens with zero attached hydrogens (tertiary/aromatic N) is 3. The number of carbonyl (C=O) groups excluding carboxylic acids is 2. The Bertz CT molecular complexity index is 1160. The van der Waals surface area contributed by atoms with Crippen LogP contribution in [0.15, 0.2) is 47.4 Å². The fraction of sp³-hybridized carbons (Fsp3) is 0.304. The lowest BCUT2D eigenvalue weighted by molar-refractivity contribution is -0.115. The molecule has 0 fully saturated rings. The molecule has 3 aromatic rings. The summed E-state index contributed by atoms with van der Waals surface area (Å²) >= 11 is 1.50. The van der Waals surface area contributed by atoms with Gasteiger partial charge in [0.1, 0.15) is 5.82 Å². The summed E-state index contributed by atoms with van der Waals surface area (Å²) in [5.41, 5.74) is 2.88. The normalized spacial score (nSPS) is 17.8. The molecule has 31 heavy (non-hydrogen) atoms. The molecule has 1 aromatic heterocycles. The molecule has 1 atom stereocenters. The number of aryl methyl sites for hydroxylation is 1. The number of rotatable bonds is 3.